The fourth-order valence-corrected chi connectivity index (χ4v) is 2.30. The van der Waals surface area contributed by atoms with E-state index in [1.807, 2.05) is 36.4 Å². The van der Waals surface area contributed by atoms with E-state index in [1.54, 1.807) is 0 Å². The summed E-state index contributed by atoms with van der Waals surface area (Å²) in [5, 5.41) is 9.95. The van der Waals surface area contributed by atoms with Crippen molar-refractivity contribution in [3.63, 3.8) is 0 Å². The molecule has 0 aliphatic heterocycles. The third-order valence-electron chi connectivity index (χ3n) is 3.43. The Kier molecular flexibility index (Phi) is 3.07. The number of carbonyl (C=O) groups is 1. The third kappa shape index (κ3) is 2.67. The van der Waals surface area contributed by atoms with Gasteiger partial charge in [0.25, 0.3) is 0 Å². The number of anilines is 1. The van der Waals surface area contributed by atoms with Crippen molar-refractivity contribution >= 4 is 22.7 Å². The molecular formula is C15H16N2O2. The summed E-state index contributed by atoms with van der Waals surface area (Å²) < 4.78 is 0. The van der Waals surface area contributed by atoms with Crippen LogP contribution >= 0.6 is 0 Å². The molecule has 1 saturated carbocycles. The minimum atomic E-state index is -0.758. The Morgan fingerprint density at radius 1 is 1.26 bits per heavy atom. The molecule has 4 heteroatoms. The zero-order valence-electron chi connectivity index (χ0n) is 10.6. The molecule has 0 atom stereocenters. The number of fused-ring (bicyclic) bond motifs is 1. The van der Waals surface area contributed by atoms with Crippen LogP contribution in [0.15, 0.2) is 36.4 Å². The number of pyridine rings is 1. The predicted molar refractivity (Wildman–Crippen MR) is 74.4 cm³/mol. The Labute approximate surface area is 111 Å². The number of benzene rings is 1. The molecule has 2 aromatic rings. The third-order valence-corrected chi connectivity index (χ3v) is 3.43. The van der Waals surface area contributed by atoms with Gasteiger partial charge in [0.15, 0.2) is 0 Å². The lowest BCUT2D eigenvalue weighted by Crippen LogP contribution is -2.29. The predicted octanol–water partition coefficient (Wildman–Crippen LogP) is 2.68. The number of rotatable bonds is 5. The van der Waals surface area contributed by atoms with Crippen LogP contribution in [0.1, 0.15) is 19.3 Å². The van der Waals surface area contributed by atoms with E-state index < -0.39 is 5.97 Å². The van der Waals surface area contributed by atoms with Gasteiger partial charge in [-0.05, 0) is 31.0 Å². The largest absolute Gasteiger partial charge is 0.481 e. The first-order valence-electron chi connectivity index (χ1n) is 6.58. The van der Waals surface area contributed by atoms with E-state index in [9.17, 15) is 4.79 Å². The van der Waals surface area contributed by atoms with Crippen molar-refractivity contribution in [2.45, 2.75) is 25.3 Å². The summed E-state index contributed by atoms with van der Waals surface area (Å²) in [5.74, 6) is 0.133. The average molecular weight is 256 g/mol. The highest BCUT2D eigenvalue weighted by Gasteiger charge is 2.30. The summed E-state index contributed by atoms with van der Waals surface area (Å²) in [6, 6.07) is 12.5. The van der Waals surface area contributed by atoms with E-state index in [-0.39, 0.29) is 6.42 Å². The van der Waals surface area contributed by atoms with Crippen LogP contribution < -0.4 is 4.90 Å². The average Bonchev–Trinajstić information content (AvgIpc) is 3.23. The van der Waals surface area contributed by atoms with Crippen LogP contribution in [-0.2, 0) is 4.79 Å². The molecule has 19 heavy (non-hydrogen) atoms. The molecule has 1 aliphatic rings. The van der Waals surface area contributed by atoms with Gasteiger partial charge in [0, 0.05) is 18.0 Å². The van der Waals surface area contributed by atoms with Crippen molar-refractivity contribution in [2.75, 3.05) is 11.4 Å². The second kappa shape index (κ2) is 4.88. The van der Waals surface area contributed by atoms with E-state index in [2.05, 4.69) is 9.88 Å². The minimum absolute atomic E-state index is 0.158. The maximum absolute atomic E-state index is 10.7. The number of carboxylic acids is 1. The lowest BCUT2D eigenvalue weighted by Gasteiger charge is -2.23. The van der Waals surface area contributed by atoms with E-state index in [0.717, 1.165) is 29.6 Å². The van der Waals surface area contributed by atoms with Crippen LogP contribution in [0.5, 0.6) is 0 Å². The Hall–Kier alpha value is -2.10. The minimum Gasteiger partial charge on any atom is -0.481 e. The van der Waals surface area contributed by atoms with Gasteiger partial charge in [0.05, 0.1) is 11.9 Å². The first-order valence-corrected chi connectivity index (χ1v) is 6.58. The van der Waals surface area contributed by atoms with Gasteiger partial charge >= 0.3 is 5.97 Å². The molecular weight excluding hydrogens is 240 g/mol. The quantitative estimate of drug-likeness (QED) is 0.893. The molecule has 0 radical (unpaired) electrons. The second-order valence-electron chi connectivity index (χ2n) is 4.93. The summed E-state index contributed by atoms with van der Waals surface area (Å²) >= 11 is 0. The molecule has 0 saturated heterocycles. The van der Waals surface area contributed by atoms with Crippen molar-refractivity contribution in [2.24, 2.45) is 0 Å². The molecule has 0 bridgehead atoms. The Morgan fingerprint density at radius 3 is 2.79 bits per heavy atom. The van der Waals surface area contributed by atoms with Crippen LogP contribution in [0.4, 0.5) is 5.82 Å². The van der Waals surface area contributed by atoms with Gasteiger partial charge in [0.1, 0.15) is 5.82 Å². The normalized spacial score (nSPS) is 14.5. The number of hydrogen-bond donors (Lipinski definition) is 1. The highest BCUT2D eigenvalue weighted by atomic mass is 16.4. The van der Waals surface area contributed by atoms with Crippen LogP contribution in [-0.4, -0.2) is 28.6 Å². The van der Waals surface area contributed by atoms with Gasteiger partial charge in [-0.2, -0.15) is 0 Å². The summed E-state index contributed by atoms with van der Waals surface area (Å²) in [6.45, 7) is 0.533. The van der Waals surface area contributed by atoms with Crippen LogP contribution in [0, 0.1) is 0 Å². The highest BCUT2D eigenvalue weighted by molar-refractivity contribution is 5.80. The molecule has 98 valence electrons. The molecule has 3 rings (SSSR count). The molecule has 4 nitrogen and oxygen atoms in total. The van der Waals surface area contributed by atoms with E-state index in [4.69, 9.17) is 5.11 Å². The fourth-order valence-electron chi connectivity index (χ4n) is 2.30. The topological polar surface area (TPSA) is 53.4 Å². The van der Waals surface area contributed by atoms with Crippen molar-refractivity contribution in [3.8, 4) is 0 Å². The van der Waals surface area contributed by atoms with Gasteiger partial charge in [-0.3, -0.25) is 4.79 Å². The molecule has 0 spiro atoms. The molecule has 1 N–H and O–H groups in total. The van der Waals surface area contributed by atoms with Crippen LogP contribution in [0.25, 0.3) is 10.9 Å². The van der Waals surface area contributed by atoms with Crippen molar-refractivity contribution in [3.05, 3.63) is 36.4 Å². The molecule has 1 aromatic heterocycles. The number of para-hydroxylation sites is 1. The van der Waals surface area contributed by atoms with Crippen molar-refractivity contribution in [1.29, 1.82) is 0 Å². The molecule has 0 amide bonds. The van der Waals surface area contributed by atoms with Gasteiger partial charge in [-0.25, -0.2) is 4.98 Å². The molecule has 1 aromatic carbocycles. The number of aliphatic carboxylic acids is 1. The lowest BCUT2D eigenvalue weighted by molar-refractivity contribution is -0.136. The summed E-state index contributed by atoms with van der Waals surface area (Å²) in [4.78, 5) is 17.5. The second-order valence-corrected chi connectivity index (χ2v) is 4.93. The smallest absolute Gasteiger partial charge is 0.305 e. The zero-order valence-corrected chi connectivity index (χ0v) is 10.6. The first kappa shape index (κ1) is 12.0. The van der Waals surface area contributed by atoms with Crippen LogP contribution in [0.3, 0.4) is 0 Å². The van der Waals surface area contributed by atoms with E-state index >= 15 is 0 Å². The maximum atomic E-state index is 10.7. The van der Waals surface area contributed by atoms with Gasteiger partial charge in [-0.1, -0.05) is 18.2 Å². The lowest BCUT2D eigenvalue weighted by atomic mass is 10.2. The molecule has 1 heterocycles. The highest BCUT2D eigenvalue weighted by Crippen LogP contribution is 2.31. The number of nitrogens with zero attached hydrogens (tertiary/aromatic N) is 2. The standard InChI is InChI=1S/C15H16N2O2/c18-15(19)9-10-17(12-6-7-12)14-8-5-11-3-1-2-4-13(11)16-14/h1-5,8,12H,6-7,9-10H2,(H,18,19). The summed E-state index contributed by atoms with van der Waals surface area (Å²) in [6.07, 6.45) is 2.42. The fraction of sp³-hybridized carbons (Fsp3) is 0.333. The van der Waals surface area contributed by atoms with Gasteiger partial charge in [-0.15, -0.1) is 0 Å². The van der Waals surface area contributed by atoms with E-state index in [1.165, 1.54) is 0 Å². The van der Waals surface area contributed by atoms with E-state index in [0.29, 0.717) is 12.6 Å². The SMILES string of the molecule is O=C(O)CCN(c1ccc2ccccc2n1)C1CC1. The number of aromatic nitrogens is 1. The van der Waals surface area contributed by atoms with Gasteiger partial charge < -0.3 is 10.0 Å². The molecule has 0 unspecified atom stereocenters. The van der Waals surface area contributed by atoms with Crippen molar-refractivity contribution < 1.29 is 9.90 Å². The zero-order chi connectivity index (χ0) is 13.2. The van der Waals surface area contributed by atoms with Crippen LogP contribution in [0.2, 0.25) is 0 Å². The first-order chi connectivity index (χ1) is 9.24. The van der Waals surface area contributed by atoms with Crippen molar-refractivity contribution in [1.82, 2.24) is 4.98 Å². The Bertz CT molecular complexity index is 608. The van der Waals surface area contributed by atoms with Gasteiger partial charge in [0.2, 0.25) is 0 Å². The molecule has 1 fully saturated rings. The summed E-state index contributed by atoms with van der Waals surface area (Å²) in [5.41, 5.74) is 0.959. The monoisotopic (exact) mass is 256 g/mol. The maximum Gasteiger partial charge on any atom is 0.305 e. The Balaban J connectivity index is 1.88. The summed E-state index contributed by atoms with van der Waals surface area (Å²) in [7, 11) is 0. The number of carboxylic acid groups (broad SMARTS) is 1. The Morgan fingerprint density at radius 2 is 2.05 bits per heavy atom. The number of hydrogen-bond acceptors (Lipinski definition) is 3. The molecule has 1 aliphatic carbocycles.